The molecule has 2 heterocycles. The molecule has 0 radical (unpaired) electrons. The molecule has 5 heteroatoms. The summed E-state index contributed by atoms with van der Waals surface area (Å²) in [4.78, 5) is 13.9. The van der Waals surface area contributed by atoms with Crippen molar-refractivity contribution in [2.45, 2.75) is 0 Å². The molecule has 0 aliphatic carbocycles. The van der Waals surface area contributed by atoms with Crippen molar-refractivity contribution in [3.63, 3.8) is 0 Å². The van der Waals surface area contributed by atoms with E-state index in [1.165, 1.54) is 6.33 Å². The lowest BCUT2D eigenvalue weighted by molar-refractivity contribution is 1.21. The van der Waals surface area contributed by atoms with Crippen LogP contribution in [-0.2, 0) is 0 Å². The molecule has 0 saturated carbocycles. The van der Waals surface area contributed by atoms with E-state index in [4.69, 9.17) is 7.10 Å². The van der Waals surface area contributed by atoms with Crippen LogP contribution in [0.25, 0.3) is 11.2 Å². The summed E-state index contributed by atoms with van der Waals surface area (Å²) in [7, 11) is 0. The second kappa shape index (κ2) is 1.66. The van der Waals surface area contributed by atoms with Crippen LogP contribution in [0, 0.1) is 0 Å². The average molecular weight is 137 g/mol. The Hall–Kier alpha value is -1.65. The Labute approximate surface area is 57.7 Å². The lowest BCUT2D eigenvalue weighted by Crippen LogP contribution is -1.91. The van der Waals surface area contributed by atoms with Crippen molar-refractivity contribution in [1.82, 2.24) is 19.9 Å². The van der Waals surface area contributed by atoms with Gasteiger partial charge in [0.1, 0.15) is 13.2 Å². The minimum atomic E-state index is 0.0483. The van der Waals surface area contributed by atoms with Crippen molar-refractivity contribution in [3.8, 4) is 0 Å². The minimum absolute atomic E-state index is 0.0483. The fourth-order valence-corrected chi connectivity index (χ4v) is 0.731. The van der Waals surface area contributed by atoms with E-state index in [1.54, 1.807) is 0 Å². The van der Waals surface area contributed by atoms with Gasteiger partial charge in [-0.15, -0.1) is 0 Å². The highest BCUT2D eigenvalue weighted by molar-refractivity contribution is 5.80. The first kappa shape index (κ1) is 4.21. The number of H-pyrrole nitrogens is 1. The van der Waals surface area contributed by atoms with Gasteiger partial charge in [-0.25, -0.2) is 15.0 Å². The topological polar surface area (TPSA) is 80.5 Å². The highest BCUT2D eigenvalue weighted by Crippen LogP contribution is 2.09. The molecule has 5 nitrogen and oxygen atoms in total. The third kappa shape index (κ3) is 0.540. The first-order valence-electron chi connectivity index (χ1n) is 3.20. The molecule has 2 aromatic heterocycles. The normalized spacial score (nSPS) is 11.8. The average Bonchev–Trinajstić information content (AvgIpc) is 2.31. The number of nitrogen functional groups attached to an aromatic ring is 1. The zero-order valence-electron chi connectivity index (χ0n) is 6.00. The fourth-order valence-electron chi connectivity index (χ4n) is 0.731. The van der Waals surface area contributed by atoms with Crippen LogP contribution in [0.3, 0.4) is 0 Å². The predicted molar refractivity (Wildman–Crippen MR) is 36.1 cm³/mol. The van der Waals surface area contributed by atoms with E-state index < -0.39 is 0 Å². The van der Waals surface area contributed by atoms with E-state index in [9.17, 15) is 0 Å². The Kier molecular flexibility index (Phi) is 0.700. The first-order valence-corrected chi connectivity index (χ1v) is 2.70. The maximum Gasteiger partial charge on any atom is 0.182 e. The van der Waals surface area contributed by atoms with Crippen molar-refractivity contribution in [2.75, 3.05) is 5.73 Å². The van der Waals surface area contributed by atoms with Crippen LogP contribution >= 0.6 is 0 Å². The van der Waals surface area contributed by atoms with E-state index in [2.05, 4.69) is 19.9 Å². The quantitative estimate of drug-likeness (QED) is 0.532. The highest BCUT2D eigenvalue weighted by Gasteiger charge is 1.99. The SMILES string of the molecule is [3H]c1nc2ncnc(N)c2[nH]1. The van der Waals surface area contributed by atoms with Gasteiger partial charge in [0.25, 0.3) is 0 Å². The summed E-state index contributed by atoms with van der Waals surface area (Å²) in [5, 5.41) is 0. The number of aromatic amines is 1. The van der Waals surface area contributed by atoms with Crippen LogP contribution < -0.4 is 5.73 Å². The molecule has 0 amide bonds. The Bertz CT molecular complexity index is 395. The molecule has 0 aliphatic heterocycles. The number of aromatic nitrogens is 4. The van der Waals surface area contributed by atoms with Gasteiger partial charge in [0.15, 0.2) is 11.5 Å². The zero-order valence-corrected chi connectivity index (χ0v) is 5.00. The molecule has 0 spiro atoms. The van der Waals surface area contributed by atoms with E-state index in [-0.39, 0.29) is 6.30 Å². The predicted octanol–water partition coefficient (Wildman–Crippen LogP) is -0.0649. The van der Waals surface area contributed by atoms with Crippen molar-refractivity contribution in [3.05, 3.63) is 12.6 Å². The van der Waals surface area contributed by atoms with Gasteiger partial charge >= 0.3 is 0 Å². The largest absolute Gasteiger partial charge is 0.382 e. The van der Waals surface area contributed by atoms with Gasteiger partial charge in [-0.1, -0.05) is 0 Å². The third-order valence-corrected chi connectivity index (χ3v) is 1.20. The van der Waals surface area contributed by atoms with Crippen LogP contribution in [0.2, 0.25) is 0 Å². The summed E-state index contributed by atoms with van der Waals surface area (Å²) in [6, 6.07) is 0. The number of nitrogens with two attached hydrogens (primary N) is 1. The minimum Gasteiger partial charge on any atom is -0.382 e. The summed E-state index contributed by atoms with van der Waals surface area (Å²) in [6.07, 6.45) is 1.37. The lowest BCUT2D eigenvalue weighted by Gasteiger charge is -1.89. The number of nitrogens with zero attached hydrogens (tertiary/aromatic N) is 3. The standard InChI is InChI=1S/C5H5N5/c6-4-3-5(9-1-7-3)10-2-8-4/h1-2H,(H3,6,7,8,9,10)/i1T. The summed E-state index contributed by atoms with van der Waals surface area (Å²) < 4.78 is 7.13. The van der Waals surface area contributed by atoms with Gasteiger partial charge in [0.2, 0.25) is 0 Å². The Morgan fingerprint density at radius 2 is 2.40 bits per heavy atom. The third-order valence-electron chi connectivity index (χ3n) is 1.20. The molecule has 0 bridgehead atoms. The van der Waals surface area contributed by atoms with Crippen LogP contribution in [0.5, 0.6) is 0 Å². The number of anilines is 1. The number of nitrogens with one attached hydrogen (secondary N) is 1. The second-order valence-corrected chi connectivity index (χ2v) is 1.81. The van der Waals surface area contributed by atoms with E-state index in [0.29, 0.717) is 17.0 Å². The van der Waals surface area contributed by atoms with E-state index in [0.717, 1.165) is 0 Å². The van der Waals surface area contributed by atoms with Gasteiger partial charge in [-0.2, -0.15) is 0 Å². The Morgan fingerprint density at radius 1 is 1.50 bits per heavy atom. The van der Waals surface area contributed by atoms with Crippen LogP contribution in [0.15, 0.2) is 12.6 Å². The van der Waals surface area contributed by atoms with Crippen LogP contribution in [0.1, 0.15) is 1.37 Å². The smallest absolute Gasteiger partial charge is 0.182 e. The summed E-state index contributed by atoms with van der Waals surface area (Å²) in [5.74, 6) is 0.320. The number of hydrogen-bond acceptors (Lipinski definition) is 4. The molecule has 0 aliphatic rings. The van der Waals surface area contributed by atoms with Gasteiger partial charge in [-0.3, -0.25) is 0 Å². The number of imidazole rings is 1. The summed E-state index contributed by atoms with van der Waals surface area (Å²) in [6.45, 7) is 0. The number of rotatable bonds is 0. The van der Waals surface area contributed by atoms with Gasteiger partial charge in [-0.05, 0) is 0 Å². The number of fused-ring (bicyclic) bond motifs is 1. The van der Waals surface area contributed by atoms with Crippen molar-refractivity contribution < 1.29 is 1.37 Å². The molecule has 0 atom stereocenters. The van der Waals surface area contributed by atoms with E-state index >= 15 is 0 Å². The summed E-state index contributed by atoms with van der Waals surface area (Å²) >= 11 is 0. The molecular formula is C5H5N5. The molecular weight excluding hydrogens is 130 g/mol. The van der Waals surface area contributed by atoms with E-state index in [1.807, 2.05) is 0 Å². The van der Waals surface area contributed by atoms with Crippen molar-refractivity contribution in [1.29, 1.82) is 0 Å². The van der Waals surface area contributed by atoms with Gasteiger partial charge in [0.05, 0.1) is 6.30 Å². The molecule has 10 heavy (non-hydrogen) atoms. The molecule has 0 fully saturated rings. The highest BCUT2D eigenvalue weighted by atomic mass is 15.0. The fraction of sp³-hybridized carbons (Fsp3) is 0. The van der Waals surface area contributed by atoms with Crippen molar-refractivity contribution >= 4 is 17.0 Å². The maximum atomic E-state index is 7.13. The summed E-state index contributed by atoms with van der Waals surface area (Å²) in [5.41, 5.74) is 6.42. The van der Waals surface area contributed by atoms with Gasteiger partial charge < -0.3 is 10.7 Å². The van der Waals surface area contributed by atoms with Gasteiger partial charge in [0, 0.05) is 0 Å². The maximum absolute atomic E-state index is 7.13. The molecule has 2 rings (SSSR count). The molecule has 50 valence electrons. The Balaban J connectivity index is 2.90. The van der Waals surface area contributed by atoms with Crippen LogP contribution in [-0.4, -0.2) is 19.9 Å². The lowest BCUT2D eigenvalue weighted by atomic mass is 10.5. The molecule has 0 aromatic carbocycles. The number of hydrogen-bond donors (Lipinski definition) is 2. The second-order valence-electron chi connectivity index (χ2n) is 1.81. The van der Waals surface area contributed by atoms with Crippen molar-refractivity contribution in [2.24, 2.45) is 0 Å². The molecule has 0 saturated heterocycles. The first-order chi connectivity index (χ1) is 5.27. The Morgan fingerprint density at radius 3 is 3.20 bits per heavy atom. The molecule has 0 unspecified atom stereocenters. The molecule has 2 aromatic rings. The van der Waals surface area contributed by atoms with Crippen LogP contribution in [0.4, 0.5) is 5.82 Å². The monoisotopic (exact) mass is 137 g/mol. The molecule has 3 N–H and O–H groups in total. The zero-order chi connectivity index (χ0) is 7.84.